The monoisotopic (exact) mass is 367 g/mol. The number of hydrogen-bond donors (Lipinski definition) is 2. The van der Waals surface area contributed by atoms with Crippen LogP contribution < -0.4 is 11.1 Å². The predicted molar refractivity (Wildman–Crippen MR) is 109 cm³/mol. The highest BCUT2D eigenvalue weighted by molar-refractivity contribution is 7.19. The van der Waals surface area contributed by atoms with Crippen LogP contribution in [-0.4, -0.2) is 27.5 Å². The van der Waals surface area contributed by atoms with Crippen molar-refractivity contribution in [3.05, 3.63) is 35.0 Å². The van der Waals surface area contributed by atoms with Crippen LogP contribution in [0.2, 0.25) is 0 Å². The molecule has 0 aliphatic heterocycles. The van der Waals surface area contributed by atoms with E-state index in [-0.39, 0.29) is 6.04 Å². The molecule has 0 amide bonds. The van der Waals surface area contributed by atoms with E-state index in [4.69, 9.17) is 15.7 Å². The zero-order valence-corrected chi connectivity index (χ0v) is 16.0. The molecule has 1 aliphatic rings. The SMILES string of the molecule is CC(N)CNc1nc(-c2ccncc2)nc2sc3c(c12)CCCCCC3. The van der Waals surface area contributed by atoms with Crippen LogP contribution in [0.1, 0.15) is 43.0 Å². The van der Waals surface area contributed by atoms with Crippen molar-refractivity contribution in [1.82, 2.24) is 15.0 Å². The molecule has 1 atom stereocenters. The van der Waals surface area contributed by atoms with Crippen LogP contribution in [0.5, 0.6) is 0 Å². The zero-order chi connectivity index (χ0) is 17.9. The molecular formula is C20H25N5S. The lowest BCUT2D eigenvalue weighted by Gasteiger charge is -2.13. The van der Waals surface area contributed by atoms with E-state index in [2.05, 4.69) is 10.3 Å². The molecule has 0 fully saturated rings. The second kappa shape index (κ2) is 7.68. The van der Waals surface area contributed by atoms with Gasteiger partial charge in [0.2, 0.25) is 0 Å². The molecule has 3 heterocycles. The van der Waals surface area contributed by atoms with E-state index in [1.807, 2.05) is 30.4 Å². The van der Waals surface area contributed by atoms with E-state index in [0.29, 0.717) is 6.54 Å². The van der Waals surface area contributed by atoms with Gasteiger partial charge in [0.25, 0.3) is 0 Å². The van der Waals surface area contributed by atoms with Crippen LogP contribution in [0.25, 0.3) is 21.6 Å². The molecule has 1 aliphatic carbocycles. The van der Waals surface area contributed by atoms with Crippen LogP contribution >= 0.6 is 11.3 Å². The number of thiophene rings is 1. The Bertz CT molecular complexity index is 888. The van der Waals surface area contributed by atoms with Crippen molar-refractivity contribution in [2.24, 2.45) is 5.73 Å². The number of nitrogens with one attached hydrogen (secondary N) is 1. The van der Waals surface area contributed by atoms with Crippen molar-refractivity contribution in [2.75, 3.05) is 11.9 Å². The first-order valence-corrected chi connectivity index (χ1v) is 10.3. The lowest BCUT2D eigenvalue weighted by molar-refractivity contribution is 0.624. The summed E-state index contributed by atoms with van der Waals surface area (Å²) < 4.78 is 0. The van der Waals surface area contributed by atoms with Gasteiger partial charge in [0.15, 0.2) is 5.82 Å². The summed E-state index contributed by atoms with van der Waals surface area (Å²) in [6.45, 7) is 2.71. The molecule has 0 aromatic carbocycles. The van der Waals surface area contributed by atoms with E-state index in [9.17, 15) is 0 Å². The van der Waals surface area contributed by atoms with Gasteiger partial charge >= 0.3 is 0 Å². The van der Waals surface area contributed by atoms with E-state index >= 15 is 0 Å². The number of aromatic nitrogens is 3. The standard InChI is InChI=1S/C20H25N5S/c1-13(21)12-23-19-17-15-6-4-2-3-5-7-16(15)26-20(17)25-18(24-19)14-8-10-22-11-9-14/h8-11,13H,2-7,12,21H2,1H3,(H,23,24,25). The molecule has 5 nitrogen and oxygen atoms in total. The molecular weight excluding hydrogens is 342 g/mol. The molecule has 0 saturated heterocycles. The van der Waals surface area contributed by atoms with Gasteiger partial charge in [-0.1, -0.05) is 12.8 Å². The van der Waals surface area contributed by atoms with Crippen LogP contribution in [-0.2, 0) is 12.8 Å². The summed E-state index contributed by atoms with van der Waals surface area (Å²) in [6, 6.07) is 3.99. The summed E-state index contributed by atoms with van der Waals surface area (Å²) in [5.41, 5.74) is 8.43. The number of hydrogen-bond acceptors (Lipinski definition) is 6. The van der Waals surface area contributed by atoms with E-state index in [0.717, 1.165) is 34.9 Å². The van der Waals surface area contributed by atoms with Crippen molar-refractivity contribution < 1.29 is 0 Å². The Labute approximate surface area is 158 Å². The number of nitrogens with two attached hydrogens (primary N) is 1. The van der Waals surface area contributed by atoms with Crippen molar-refractivity contribution in [2.45, 2.75) is 51.5 Å². The Balaban J connectivity index is 1.86. The summed E-state index contributed by atoms with van der Waals surface area (Å²) in [5.74, 6) is 1.68. The van der Waals surface area contributed by atoms with Crippen LogP contribution in [0.3, 0.4) is 0 Å². The van der Waals surface area contributed by atoms with Gasteiger partial charge in [0.1, 0.15) is 10.6 Å². The zero-order valence-electron chi connectivity index (χ0n) is 15.2. The first kappa shape index (κ1) is 17.4. The van der Waals surface area contributed by atoms with E-state index in [1.54, 1.807) is 12.4 Å². The average molecular weight is 368 g/mol. The molecule has 1 unspecified atom stereocenters. The molecule has 0 saturated carbocycles. The van der Waals surface area contributed by atoms with Gasteiger partial charge in [-0.2, -0.15) is 0 Å². The van der Waals surface area contributed by atoms with Crippen LogP contribution in [0.4, 0.5) is 5.82 Å². The van der Waals surface area contributed by atoms with Gasteiger partial charge in [0, 0.05) is 35.4 Å². The van der Waals surface area contributed by atoms with Crippen LogP contribution in [0, 0.1) is 0 Å². The fourth-order valence-corrected chi connectivity index (χ4v) is 4.79. The topological polar surface area (TPSA) is 76.7 Å². The Hall–Kier alpha value is -2.05. The molecule has 6 heteroatoms. The number of rotatable bonds is 4. The molecule has 3 aromatic heterocycles. The quantitative estimate of drug-likeness (QED) is 0.724. The normalized spacial score (nSPS) is 15.9. The third-order valence-electron chi connectivity index (χ3n) is 4.84. The lowest BCUT2D eigenvalue weighted by atomic mass is 9.98. The maximum Gasteiger partial charge on any atom is 0.163 e. The number of nitrogens with zero attached hydrogens (tertiary/aromatic N) is 3. The van der Waals surface area contributed by atoms with Gasteiger partial charge in [-0.05, 0) is 50.3 Å². The first-order chi connectivity index (χ1) is 12.7. The molecule has 0 spiro atoms. The number of aryl methyl sites for hydroxylation is 2. The number of fused-ring (bicyclic) bond motifs is 3. The van der Waals surface area contributed by atoms with E-state index < -0.39 is 0 Å². The van der Waals surface area contributed by atoms with Crippen LogP contribution in [0.15, 0.2) is 24.5 Å². The Morgan fingerprint density at radius 3 is 2.65 bits per heavy atom. The highest BCUT2D eigenvalue weighted by Gasteiger charge is 2.20. The minimum absolute atomic E-state index is 0.0739. The number of anilines is 1. The molecule has 136 valence electrons. The molecule has 0 radical (unpaired) electrons. The second-order valence-corrected chi connectivity index (χ2v) is 8.17. The second-order valence-electron chi connectivity index (χ2n) is 7.09. The summed E-state index contributed by atoms with van der Waals surface area (Å²) in [5, 5.41) is 4.70. The largest absolute Gasteiger partial charge is 0.368 e. The maximum atomic E-state index is 5.98. The Kier molecular flexibility index (Phi) is 5.13. The third kappa shape index (κ3) is 3.57. The lowest BCUT2D eigenvalue weighted by Crippen LogP contribution is -2.25. The molecule has 26 heavy (non-hydrogen) atoms. The van der Waals surface area contributed by atoms with Crippen molar-refractivity contribution in [1.29, 1.82) is 0 Å². The van der Waals surface area contributed by atoms with Crippen molar-refractivity contribution in [3.8, 4) is 11.4 Å². The molecule has 4 rings (SSSR count). The minimum Gasteiger partial charge on any atom is -0.368 e. The van der Waals surface area contributed by atoms with Gasteiger partial charge < -0.3 is 11.1 Å². The summed E-state index contributed by atoms with van der Waals surface area (Å²) in [7, 11) is 0. The smallest absolute Gasteiger partial charge is 0.163 e. The van der Waals surface area contributed by atoms with Gasteiger partial charge in [-0.15, -0.1) is 11.3 Å². The predicted octanol–water partition coefficient (Wildman–Crippen LogP) is 4.17. The molecule has 3 N–H and O–H groups in total. The van der Waals surface area contributed by atoms with E-state index in [1.165, 1.54) is 41.5 Å². The summed E-state index contributed by atoms with van der Waals surface area (Å²) in [6.07, 6.45) is 11.0. The highest BCUT2D eigenvalue weighted by atomic mass is 32.1. The summed E-state index contributed by atoms with van der Waals surface area (Å²) >= 11 is 1.84. The molecule has 3 aromatic rings. The van der Waals surface area contributed by atoms with Gasteiger partial charge in [-0.25, -0.2) is 9.97 Å². The van der Waals surface area contributed by atoms with Crippen molar-refractivity contribution in [3.63, 3.8) is 0 Å². The maximum absolute atomic E-state index is 5.98. The average Bonchev–Trinajstić information content (AvgIpc) is 2.97. The Morgan fingerprint density at radius 2 is 1.88 bits per heavy atom. The highest BCUT2D eigenvalue weighted by Crippen LogP contribution is 2.38. The van der Waals surface area contributed by atoms with Gasteiger partial charge in [-0.3, -0.25) is 4.98 Å². The third-order valence-corrected chi connectivity index (χ3v) is 6.03. The molecule has 0 bridgehead atoms. The minimum atomic E-state index is 0.0739. The van der Waals surface area contributed by atoms with Crippen molar-refractivity contribution >= 4 is 27.4 Å². The fourth-order valence-electron chi connectivity index (χ4n) is 3.53. The Morgan fingerprint density at radius 1 is 1.12 bits per heavy atom. The van der Waals surface area contributed by atoms with Gasteiger partial charge in [0.05, 0.1) is 5.39 Å². The summed E-state index contributed by atoms with van der Waals surface area (Å²) in [4.78, 5) is 16.5. The number of pyridine rings is 1. The first-order valence-electron chi connectivity index (χ1n) is 9.44. The fraction of sp³-hybridized carbons (Fsp3) is 0.450.